The van der Waals surface area contributed by atoms with Crippen molar-refractivity contribution in [1.82, 2.24) is 19.4 Å². The van der Waals surface area contributed by atoms with E-state index in [1.165, 1.54) is 10.6 Å². The maximum atomic E-state index is 15.1. The molecule has 0 saturated carbocycles. The number of nitrogens with zero attached hydrogens (tertiary/aromatic N) is 5. The predicted octanol–water partition coefficient (Wildman–Crippen LogP) is 10.5. The van der Waals surface area contributed by atoms with Crippen molar-refractivity contribution in [2.45, 2.75) is 138 Å². The molecule has 306 valence electrons. The Morgan fingerprint density at radius 3 is 2.09 bits per heavy atom. The molecule has 2 aliphatic rings. The van der Waals surface area contributed by atoms with E-state index in [1.807, 2.05) is 36.9 Å². The first-order chi connectivity index (χ1) is 26.1. The summed E-state index contributed by atoms with van der Waals surface area (Å²) in [5, 5.41) is 0.974. The van der Waals surface area contributed by atoms with Crippen LogP contribution < -0.4 is 15.1 Å². The third-order valence-electron chi connectivity index (χ3n) is 11.7. The highest BCUT2D eigenvalue weighted by molar-refractivity contribution is 8.18. The number of ether oxygens (including phenoxy) is 1. The summed E-state index contributed by atoms with van der Waals surface area (Å²) in [6.45, 7) is 23.6. The van der Waals surface area contributed by atoms with E-state index in [2.05, 4.69) is 51.5 Å². The van der Waals surface area contributed by atoms with Crippen LogP contribution >= 0.6 is 33.8 Å². The monoisotopic (exact) mass is 849 g/mol. The second-order valence-corrected chi connectivity index (χ2v) is 27.6. The van der Waals surface area contributed by atoms with Crippen LogP contribution in [0.3, 0.4) is 0 Å². The number of piperazine rings is 1. The van der Waals surface area contributed by atoms with Crippen LogP contribution in [0.2, 0.25) is 21.6 Å². The van der Waals surface area contributed by atoms with Gasteiger partial charge in [-0.2, -0.15) is 29.1 Å². The van der Waals surface area contributed by atoms with E-state index >= 15 is 13.2 Å². The van der Waals surface area contributed by atoms with E-state index in [-0.39, 0.29) is 48.8 Å². The number of benzene rings is 1. The van der Waals surface area contributed by atoms with Crippen LogP contribution in [-0.4, -0.2) is 70.1 Å². The number of rotatable bonds is 7. The van der Waals surface area contributed by atoms with Gasteiger partial charge in [0, 0.05) is 56.9 Å². The highest BCUT2D eigenvalue weighted by atomic mass is 35.5. The van der Waals surface area contributed by atoms with Gasteiger partial charge < -0.3 is 9.64 Å². The number of amides is 1. The Balaban J connectivity index is 1.60. The van der Waals surface area contributed by atoms with Gasteiger partial charge >= 0.3 is 18.0 Å². The van der Waals surface area contributed by atoms with Crippen LogP contribution in [0.1, 0.15) is 93.2 Å². The Hall–Kier alpha value is -3.07. The SMILES string of the molecule is CC(C)[Si](c1sc([SH]2C[C@@H](c3ccncc3)Cn3c(=O)nc(N4C[C@@H](C)N(C(=O)OC(C)(C)C)[C@@H](C)C4)c4cc(C(F)(F)F)cc2c43)cc1Cl)(C(C)C)C(C)C. The summed E-state index contributed by atoms with van der Waals surface area (Å²) in [7, 11) is -3.69. The largest absolute Gasteiger partial charge is 0.444 e. The molecule has 1 aromatic carbocycles. The van der Waals surface area contributed by atoms with Gasteiger partial charge in [0.05, 0.1) is 28.2 Å². The first kappa shape index (κ1) is 42.5. The Kier molecular flexibility index (Phi) is 11.8. The minimum absolute atomic E-state index is 0.198. The van der Waals surface area contributed by atoms with Crippen LogP contribution in [0.4, 0.5) is 23.8 Å². The summed E-state index contributed by atoms with van der Waals surface area (Å²) in [6.07, 6.45) is -1.70. The van der Waals surface area contributed by atoms with Gasteiger partial charge in [-0.3, -0.25) is 14.5 Å². The normalized spacial score (nSPS) is 21.7. The molecule has 6 rings (SSSR count). The molecule has 4 aromatic rings. The average Bonchev–Trinajstić information content (AvgIpc) is 3.36. The summed E-state index contributed by atoms with van der Waals surface area (Å²) >= 11 is 8.97. The highest BCUT2D eigenvalue weighted by Crippen LogP contribution is 2.57. The number of hydrogen-bond acceptors (Lipinski definition) is 7. The topological polar surface area (TPSA) is 80.6 Å². The van der Waals surface area contributed by atoms with Crippen LogP contribution in [0.5, 0.6) is 0 Å². The molecule has 2 aliphatic heterocycles. The quantitative estimate of drug-likeness (QED) is 0.147. The number of alkyl halides is 3. The standard InChI is InChI=1S/C41H55ClF3N5O3S2Si/c1-23(2)56(24(3)4,25(5)6)37-32(42)18-34(54-37)55-22-29(28-12-14-46-15-13-28)21-49-35-31(16-30(17-33(35)55)41(43,44)45)36(47-38(49)51)48-19-26(7)50(27(8)20-48)39(52)53-40(9,10)11/h12-18,23-27,29,55H,19-22H2,1-11H3/t26-,27+,29-/m0/s1. The minimum atomic E-state index is -4.66. The lowest BCUT2D eigenvalue weighted by molar-refractivity contribution is -0.137. The van der Waals surface area contributed by atoms with Crippen molar-refractivity contribution in [3.63, 3.8) is 0 Å². The van der Waals surface area contributed by atoms with E-state index < -0.39 is 48.1 Å². The number of carbonyl (C=O) groups excluding carboxylic acids is 1. The lowest BCUT2D eigenvalue weighted by Crippen LogP contribution is -2.59. The van der Waals surface area contributed by atoms with E-state index in [0.29, 0.717) is 37.8 Å². The van der Waals surface area contributed by atoms with Gasteiger partial charge in [0.15, 0.2) is 0 Å². The molecule has 5 heterocycles. The average molecular weight is 851 g/mol. The molecule has 15 heteroatoms. The molecule has 0 spiro atoms. The van der Waals surface area contributed by atoms with E-state index in [0.717, 1.165) is 15.8 Å². The lowest BCUT2D eigenvalue weighted by atomic mass is 10.0. The fourth-order valence-corrected chi connectivity index (χ4v) is 24.1. The Morgan fingerprint density at radius 1 is 0.964 bits per heavy atom. The van der Waals surface area contributed by atoms with Crippen molar-refractivity contribution < 1.29 is 22.7 Å². The van der Waals surface area contributed by atoms with E-state index in [9.17, 15) is 9.59 Å². The van der Waals surface area contributed by atoms with Gasteiger partial charge in [-0.05, 0) is 92.9 Å². The van der Waals surface area contributed by atoms with Crippen molar-refractivity contribution in [3.8, 4) is 0 Å². The predicted molar refractivity (Wildman–Crippen MR) is 228 cm³/mol. The Labute approximate surface area is 341 Å². The fourth-order valence-electron chi connectivity index (χ4n) is 9.55. The number of thiophene rings is 1. The molecular formula is C41H55ClF3N5O3S2Si. The van der Waals surface area contributed by atoms with Gasteiger partial charge in [0.2, 0.25) is 0 Å². The van der Waals surface area contributed by atoms with Crippen LogP contribution in [0.25, 0.3) is 10.9 Å². The van der Waals surface area contributed by atoms with Crippen molar-refractivity contribution in [3.05, 3.63) is 69.4 Å². The van der Waals surface area contributed by atoms with Crippen molar-refractivity contribution >= 4 is 69.2 Å². The number of carbonyl (C=O) groups is 1. The zero-order valence-corrected chi connectivity index (χ0v) is 37.6. The van der Waals surface area contributed by atoms with Crippen LogP contribution in [0.15, 0.2) is 56.6 Å². The molecule has 1 saturated heterocycles. The molecule has 0 bridgehead atoms. The van der Waals surface area contributed by atoms with E-state index in [4.69, 9.17) is 16.3 Å². The molecule has 56 heavy (non-hydrogen) atoms. The molecule has 1 fully saturated rings. The summed E-state index contributed by atoms with van der Waals surface area (Å²) in [5.74, 6) is 0.512. The maximum absolute atomic E-state index is 15.1. The molecule has 8 nitrogen and oxygen atoms in total. The van der Waals surface area contributed by atoms with Gasteiger partial charge in [-0.25, -0.2) is 9.59 Å². The smallest absolute Gasteiger partial charge is 0.416 e. The second kappa shape index (κ2) is 15.6. The maximum Gasteiger partial charge on any atom is 0.416 e. The zero-order valence-electron chi connectivity index (χ0n) is 34.2. The van der Waals surface area contributed by atoms with Crippen molar-refractivity contribution in [2.24, 2.45) is 0 Å². The third kappa shape index (κ3) is 7.76. The summed E-state index contributed by atoms with van der Waals surface area (Å²) < 4.78 is 54.7. The minimum Gasteiger partial charge on any atom is -0.444 e. The van der Waals surface area contributed by atoms with Gasteiger partial charge in [0.25, 0.3) is 0 Å². The van der Waals surface area contributed by atoms with Crippen LogP contribution in [0, 0.1) is 0 Å². The first-order valence-corrected chi connectivity index (χ1v) is 24.4. The molecule has 0 aliphatic carbocycles. The molecule has 3 aromatic heterocycles. The number of hydrogen-bond donors (Lipinski definition) is 1. The summed E-state index contributed by atoms with van der Waals surface area (Å²) in [5.41, 5.74) is 0.584. The number of pyridine rings is 1. The number of aromatic nitrogens is 3. The highest BCUT2D eigenvalue weighted by Gasteiger charge is 2.48. The molecule has 1 amide bonds. The molecule has 4 atom stereocenters. The zero-order chi connectivity index (χ0) is 41.2. The number of thiol groups is 1. The van der Waals surface area contributed by atoms with Crippen molar-refractivity contribution in [2.75, 3.05) is 23.7 Å². The van der Waals surface area contributed by atoms with Crippen molar-refractivity contribution in [1.29, 1.82) is 0 Å². The van der Waals surface area contributed by atoms with Gasteiger partial charge in [-0.1, -0.05) is 53.1 Å². The van der Waals surface area contributed by atoms with Crippen LogP contribution in [-0.2, 0) is 17.5 Å². The van der Waals surface area contributed by atoms with Gasteiger partial charge in [0.1, 0.15) is 19.5 Å². The fraction of sp³-hybridized carbons (Fsp3) is 0.561. The second-order valence-electron chi connectivity index (χ2n) is 17.5. The number of anilines is 1. The lowest BCUT2D eigenvalue weighted by Gasteiger charge is -2.45. The molecule has 0 N–H and O–H groups in total. The van der Waals surface area contributed by atoms with Gasteiger partial charge in [-0.15, -0.1) is 11.3 Å². The summed E-state index contributed by atoms with van der Waals surface area (Å²) in [6, 6.07) is 7.56. The Bertz CT molecular complexity index is 2120. The summed E-state index contributed by atoms with van der Waals surface area (Å²) in [4.78, 5) is 40.5. The number of halogens is 4. The van der Waals surface area contributed by atoms with E-state index in [1.54, 1.807) is 54.0 Å². The molecule has 0 radical (unpaired) electrons. The first-order valence-electron chi connectivity index (χ1n) is 19.4. The molecular weight excluding hydrogens is 795 g/mol. The molecule has 1 unspecified atom stereocenters. The Morgan fingerprint density at radius 2 is 1.55 bits per heavy atom. The third-order valence-corrected chi connectivity index (χ3v) is 24.5.